The molecule has 0 aromatic carbocycles. The van der Waals surface area contributed by atoms with E-state index in [1.54, 1.807) is 22.5 Å². The zero-order valence-electron chi connectivity index (χ0n) is 13.0. The molecule has 0 unspecified atom stereocenters. The van der Waals surface area contributed by atoms with Crippen LogP contribution >= 0.6 is 11.8 Å². The Morgan fingerprint density at radius 1 is 1.62 bits per heavy atom. The van der Waals surface area contributed by atoms with Crippen LogP contribution in [0.5, 0.6) is 0 Å². The molecule has 7 heteroatoms. The number of anilines is 1. The Morgan fingerprint density at radius 3 is 3.00 bits per heavy atom. The van der Waals surface area contributed by atoms with Gasteiger partial charge in [-0.1, -0.05) is 0 Å². The van der Waals surface area contributed by atoms with Gasteiger partial charge in [-0.15, -0.1) is 11.8 Å². The topological polar surface area (TPSA) is 56.6 Å². The largest absolute Gasteiger partial charge is 0.378 e. The average Bonchev–Trinajstić information content (AvgIpc) is 2.92. The van der Waals surface area contributed by atoms with Crippen LogP contribution < -0.4 is 10.6 Å². The summed E-state index contributed by atoms with van der Waals surface area (Å²) >= 11 is 1.66. The first-order chi connectivity index (χ1) is 10.0. The minimum atomic E-state index is -0.275. The molecule has 0 radical (unpaired) electrons. The van der Waals surface area contributed by atoms with Crippen LogP contribution in [0.2, 0.25) is 0 Å². The van der Waals surface area contributed by atoms with Crippen LogP contribution in [0, 0.1) is 0 Å². The maximum atomic E-state index is 12.2. The third kappa shape index (κ3) is 3.99. The monoisotopic (exact) mass is 313 g/mol. The molecule has 0 bridgehead atoms. The summed E-state index contributed by atoms with van der Waals surface area (Å²) in [7, 11) is 1.93. The first-order valence-electron chi connectivity index (χ1n) is 7.19. The number of hydrogen-bond donors (Lipinski definition) is 0. The summed E-state index contributed by atoms with van der Waals surface area (Å²) in [4.78, 5) is 18.3. The molecule has 2 rings (SSSR count). The van der Waals surface area contributed by atoms with Crippen molar-refractivity contribution in [2.75, 3.05) is 30.9 Å². The number of thioether (sulfide) groups is 1. The molecule has 118 valence electrons. The maximum Gasteiger partial charge on any atom is 0.351 e. The van der Waals surface area contributed by atoms with E-state index in [1.807, 2.05) is 24.9 Å². The van der Waals surface area contributed by atoms with Gasteiger partial charge in [0.2, 0.25) is 0 Å². The first kappa shape index (κ1) is 16.3. The Balaban J connectivity index is 2.07. The predicted molar refractivity (Wildman–Crippen MR) is 84.9 cm³/mol. The summed E-state index contributed by atoms with van der Waals surface area (Å²) in [5, 5.41) is 0. The Hall–Kier alpha value is -1.05. The van der Waals surface area contributed by atoms with Crippen molar-refractivity contribution < 1.29 is 9.47 Å². The number of nitrogens with zero attached hydrogens (tertiary/aromatic N) is 3. The zero-order valence-corrected chi connectivity index (χ0v) is 13.8. The molecule has 1 saturated heterocycles. The van der Waals surface area contributed by atoms with Crippen molar-refractivity contribution in [1.29, 1.82) is 0 Å². The van der Waals surface area contributed by atoms with E-state index in [1.165, 1.54) is 0 Å². The van der Waals surface area contributed by atoms with Crippen molar-refractivity contribution in [2.24, 2.45) is 0 Å². The second-order valence-corrected chi connectivity index (χ2v) is 6.39. The molecule has 1 aromatic rings. The Bertz CT molecular complexity index is 520. The summed E-state index contributed by atoms with van der Waals surface area (Å²) < 4.78 is 12.7. The van der Waals surface area contributed by atoms with Crippen LogP contribution in [-0.4, -0.2) is 47.0 Å². The molecule has 0 spiro atoms. The first-order valence-corrected chi connectivity index (χ1v) is 8.24. The van der Waals surface area contributed by atoms with Gasteiger partial charge in [0.1, 0.15) is 17.5 Å². The number of aromatic nitrogens is 2. The second-order valence-electron chi connectivity index (χ2n) is 5.19. The van der Waals surface area contributed by atoms with E-state index in [0.717, 1.165) is 5.75 Å². The standard InChI is InChI=1S/C14H23N3O3S/c1-5-19-8-13-20-12(9-21-13)17-7-6-11(15-14(17)18)16(4)10(2)3/h6-7,10,12-13H,5,8-9H2,1-4H3/t12-,13+/m0/s1. The highest BCUT2D eigenvalue weighted by atomic mass is 32.2. The summed E-state index contributed by atoms with van der Waals surface area (Å²) in [5.74, 6) is 1.42. The van der Waals surface area contributed by atoms with Gasteiger partial charge in [-0.25, -0.2) is 4.79 Å². The Morgan fingerprint density at radius 2 is 2.38 bits per heavy atom. The van der Waals surface area contributed by atoms with Crippen LogP contribution in [0.1, 0.15) is 27.0 Å². The van der Waals surface area contributed by atoms with E-state index in [-0.39, 0.29) is 17.4 Å². The fourth-order valence-electron chi connectivity index (χ4n) is 1.97. The normalized spacial score (nSPS) is 22.0. The van der Waals surface area contributed by atoms with E-state index in [9.17, 15) is 4.79 Å². The van der Waals surface area contributed by atoms with Gasteiger partial charge in [-0.3, -0.25) is 4.57 Å². The highest BCUT2D eigenvalue weighted by Crippen LogP contribution is 2.31. The molecule has 0 aliphatic carbocycles. The van der Waals surface area contributed by atoms with Crippen molar-refractivity contribution >= 4 is 17.6 Å². The molecule has 1 aliphatic heterocycles. The van der Waals surface area contributed by atoms with Crippen molar-refractivity contribution in [2.45, 2.75) is 38.5 Å². The van der Waals surface area contributed by atoms with Gasteiger partial charge in [-0.2, -0.15) is 4.98 Å². The SMILES string of the molecule is CCOC[C@@H]1O[C@H](n2ccc(N(C)C(C)C)nc2=O)CS1. The van der Waals surface area contributed by atoms with Crippen LogP contribution in [0.3, 0.4) is 0 Å². The van der Waals surface area contributed by atoms with Crippen LogP contribution in [0.15, 0.2) is 17.1 Å². The fourth-order valence-corrected chi connectivity index (χ4v) is 2.99. The van der Waals surface area contributed by atoms with E-state index in [0.29, 0.717) is 25.1 Å². The van der Waals surface area contributed by atoms with E-state index >= 15 is 0 Å². The van der Waals surface area contributed by atoms with Crippen molar-refractivity contribution in [3.05, 3.63) is 22.7 Å². The molecule has 1 aromatic heterocycles. The lowest BCUT2D eigenvalue weighted by molar-refractivity contribution is -0.0226. The van der Waals surface area contributed by atoms with Gasteiger partial charge >= 0.3 is 5.69 Å². The quantitative estimate of drug-likeness (QED) is 0.797. The fraction of sp³-hybridized carbons (Fsp3) is 0.714. The Kier molecular flexibility index (Phi) is 5.66. The summed E-state index contributed by atoms with van der Waals surface area (Å²) in [5.41, 5.74) is -0.289. The van der Waals surface area contributed by atoms with Crippen LogP contribution in [0.4, 0.5) is 5.82 Å². The maximum absolute atomic E-state index is 12.2. The highest BCUT2D eigenvalue weighted by Gasteiger charge is 2.28. The predicted octanol–water partition coefficient (Wildman–Crippen LogP) is 1.71. The van der Waals surface area contributed by atoms with Gasteiger partial charge in [0.05, 0.1) is 6.61 Å². The van der Waals surface area contributed by atoms with E-state index in [4.69, 9.17) is 9.47 Å². The minimum absolute atomic E-state index is 0.0140. The van der Waals surface area contributed by atoms with E-state index < -0.39 is 0 Å². The smallest absolute Gasteiger partial charge is 0.351 e. The molecule has 0 amide bonds. The van der Waals surface area contributed by atoms with Gasteiger partial charge < -0.3 is 14.4 Å². The van der Waals surface area contributed by atoms with Crippen LogP contribution in [-0.2, 0) is 9.47 Å². The third-order valence-electron chi connectivity index (χ3n) is 3.45. The van der Waals surface area contributed by atoms with Crippen molar-refractivity contribution in [1.82, 2.24) is 9.55 Å². The molecule has 0 saturated carbocycles. The third-order valence-corrected chi connectivity index (χ3v) is 4.55. The van der Waals surface area contributed by atoms with Crippen molar-refractivity contribution in [3.63, 3.8) is 0 Å². The summed E-state index contributed by atoms with van der Waals surface area (Å²) in [6.45, 7) is 7.29. The minimum Gasteiger partial charge on any atom is -0.378 e. The molecular formula is C14H23N3O3S. The van der Waals surface area contributed by atoms with Crippen LogP contribution in [0.25, 0.3) is 0 Å². The molecule has 1 aliphatic rings. The molecule has 6 nitrogen and oxygen atoms in total. The number of ether oxygens (including phenoxy) is 2. The molecule has 21 heavy (non-hydrogen) atoms. The molecule has 2 atom stereocenters. The number of rotatable bonds is 6. The van der Waals surface area contributed by atoms with Gasteiger partial charge in [-0.05, 0) is 26.8 Å². The summed E-state index contributed by atoms with van der Waals surface area (Å²) in [6.07, 6.45) is 1.50. The molecule has 1 fully saturated rings. The molecular weight excluding hydrogens is 290 g/mol. The summed E-state index contributed by atoms with van der Waals surface area (Å²) in [6, 6.07) is 2.15. The lowest BCUT2D eigenvalue weighted by Gasteiger charge is -2.23. The molecule has 2 heterocycles. The molecule has 0 N–H and O–H groups in total. The van der Waals surface area contributed by atoms with Crippen molar-refractivity contribution in [3.8, 4) is 0 Å². The van der Waals surface area contributed by atoms with Gasteiger partial charge in [0, 0.05) is 31.6 Å². The lowest BCUT2D eigenvalue weighted by atomic mass is 10.3. The van der Waals surface area contributed by atoms with E-state index in [2.05, 4.69) is 18.8 Å². The van der Waals surface area contributed by atoms with Gasteiger partial charge in [0.25, 0.3) is 0 Å². The van der Waals surface area contributed by atoms with Gasteiger partial charge in [0.15, 0.2) is 0 Å². The highest BCUT2D eigenvalue weighted by molar-refractivity contribution is 8.00. The number of hydrogen-bond acceptors (Lipinski definition) is 6. The average molecular weight is 313 g/mol. The Labute approximate surface area is 129 Å². The lowest BCUT2D eigenvalue weighted by Crippen LogP contribution is -2.33. The second kappa shape index (κ2) is 7.29. The zero-order chi connectivity index (χ0) is 15.4.